The predicted octanol–water partition coefficient (Wildman–Crippen LogP) is 1.79. The maximum absolute atomic E-state index is 12.2. The van der Waals surface area contributed by atoms with Crippen molar-refractivity contribution in [2.75, 3.05) is 6.61 Å². The Kier molecular flexibility index (Phi) is 3.99. The second kappa shape index (κ2) is 5.54. The van der Waals surface area contributed by atoms with Crippen molar-refractivity contribution in [3.63, 3.8) is 0 Å². The molecule has 20 heavy (non-hydrogen) atoms. The number of hydrogen-bond donors (Lipinski definition) is 0. The molecule has 2 aromatic rings. The van der Waals surface area contributed by atoms with Crippen LogP contribution in [0.5, 0.6) is 0 Å². The molecule has 0 radical (unpaired) electrons. The highest BCUT2D eigenvalue weighted by molar-refractivity contribution is 7.08. The second-order valence-electron chi connectivity index (χ2n) is 4.31. The molecule has 0 aromatic carbocycles. The van der Waals surface area contributed by atoms with E-state index in [9.17, 15) is 9.59 Å². The van der Waals surface area contributed by atoms with Gasteiger partial charge in [-0.25, -0.2) is 9.78 Å². The highest BCUT2D eigenvalue weighted by atomic mass is 32.1. The summed E-state index contributed by atoms with van der Waals surface area (Å²) in [5.41, 5.74) is 1.29. The summed E-state index contributed by atoms with van der Waals surface area (Å²) in [5, 5.41) is 0.454. The fourth-order valence-electron chi connectivity index (χ4n) is 2.01. The molecule has 0 bridgehead atoms. The highest BCUT2D eigenvalue weighted by Crippen LogP contribution is 2.17. The van der Waals surface area contributed by atoms with E-state index in [1.807, 2.05) is 0 Å². The van der Waals surface area contributed by atoms with Gasteiger partial charge in [-0.2, -0.15) is 4.37 Å². The molecule has 0 amide bonds. The highest BCUT2D eigenvalue weighted by Gasteiger charge is 2.20. The van der Waals surface area contributed by atoms with Crippen molar-refractivity contribution in [2.45, 2.75) is 27.7 Å². The van der Waals surface area contributed by atoms with Crippen molar-refractivity contribution in [1.82, 2.24) is 13.9 Å². The number of pyridine rings is 1. The lowest BCUT2D eigenvalue weighted by Crippen LogP contribution is -2.24. The third kappa shape index (κ3) is 2.49. The van der Waals surface area contributed by atoms with Gasteiger partial charge in [0.1, 0.15) is 5.82 Å². The lowest BCUT2D eigenvalue weighted by molar-refractivity contribution is 0.0523. The minimum Gasteiger partial charge on any atom is -0.462 e. The largest absolute Gasteiger partial charge is 0.462 e. The number of aromatic nitrogens is 3. The summed E-state index contributed by atoms with van der Waals surface area (Å²) in [7, 11) is 0. The minimum atomic E-state index is -0.433. The SMILES string of the molecule is CCOC(=O)c1c(C)cc(=O)n(-c2nc(C)ns2)c1C. The number of esters is 1. The quantitative estimate of drug-likeness (QED) is 0.807. The van der Waals surface area contributed by atoms with Crippen LogP contribution in [0.1, 0.15) is 34.4 Å². The van der Waals surface area contributed by atoms with Gasteiger partial charge in [0.15, 0.2) is 0 Å². The Morgan fingerprint density at radius 3 is 2.65 bits per heavy atom. The maximum atomic E-state index is 12.2. The zero-order chi connectivity index (χ0) is 14.9. The van der Waals surface area contributed by atoms with Gasteiger partial charge < -0.3 is 4.74 Å². The van der Waals surface area contributed by atoms with Gasteiger partial charge in [0, 0.05) is 23.3 Å². The number of carbonyl (C=O) groups excluding carboxylic acids is 1. The van der Waals surface area contributed by atoms with Crippen molar-refractivity contribution in [3.8, 4) is 5.13 Å². The van der Waals surface area contributed by atoms with Gasteiger partial charge in [-0.1, -0.05) is 0 Å². The van der Waals surface area contributed by atoms with Crippen LogP contribution in [-0.2, 0) is 4.74 Å². The molecule has 106 valence electrons. The number of rotatable bonds is 3. The fraction of sp³-hybridized carbons (Fsp3) is 0.385. The number of nitrogens with zero attached hydrogens (tertiary/aromatic N) is 3. The Hall–Kier alpha value is -2.02. The molecule has 0 saturated carbocycles. The Balaban J connectivity index is 2.67. The average Bonchev–Trinajstić information content (AvgIpc) is 2.75. The number of ether oxygens (including phenoxy) is 1. The molecule has 0 saturated heterocycles. The van der Waals surface area contributed by atoms with Gasteiger partial charge in [0.25, 0.3) is 5.56 Å². The molecule has 0 atom stereocenters. The summed E-state index contributed by atoms with van der Waals surface area (Å²) in [4.78, 5) is 28.4. The van der Waals surface area contributed by atoms with Crippen LogP contribution in [0.25, 0.3) is 5.13 Å². The lowest BCUT2D eigenvalue weighted by atomic mass is 10.1. The molecule has 0 unspecified atom stereocenters. The van der Waals surface area contributed by atoms with E-state index in [1.54, 1.807) is 27.7 Å². The van der Waals surface area contributed by atoms with E-state index in [0.29, 0.717) is 27.8 Å². The molecule has 0 aliphatic heterocycles. The van der Waals surface area contributed by atoms with Gasteiger partial charge >= 0.3 is 5.97 Å². The Labute approximate surface area is 120 Å². The smallest absolute Gasteiger partial charge is 0.340 e. The normalized spacial score (nSPS) is 10.6. The molecule has 0 N–H and O–H groups in total. The third-order valence-electron chi connectivity index (χ3n) is 2.84. The van der Waals surface area contributed by atoms with Gasteiger partial charge in [0.2, 0.25) is 5.13 Å². The molecule has 2 rings (SSSR count). The van der Waals surface area contributed by atoms with Crippen molar-refractivity contribution < 1.29 is 9.53 Å². The molecule has 0 spiro atoms. The summed E-state index contributed by atoms with van der Waals surface area (Å²) >= 11 is 1.12. The van der Waals surface area contributed by atoms with Crippen molar-refractivity contribution in [3.05, 3.63) is 39.1 Å². The van der Waals surface area contributed by atoms with Crippen molar-refractivity contribution in [2.24, 2.45) is 0 Å². The second-order valence-corrected chi connectivity index (χ2v) is 5.04. The first-order chi connectivity index (χ1) is 9.45. The Morgan fingerprint density at radius 1 is 1.40 bits per heavy atom. The van der Waals surface area contributed by atoms with Crippen LogP contribution < -0.4 is 5.56 Å². The van der Waals surface area contributed by atoms with Crippen LogP contribution in [0.3, 0.4) is 0 Å². The fourth-order valence-corrected chi connectivity index (χ4v) is 2.75. The van der Waals surface area contributed by atoms with Gasteiger partial charge in [-0.3, -0.25) is 9.36 Å². The molecule has 6 nitrogen and oxygen atoms in total. The first-order valence-electron chi connectivity index (χ1n) is 6.16. The zero-order valence-corrected chi connectivity index (χ0v) is 12.6. The van der Waals surface area contributed by atoms with Gasteiger partial charge in [0.05, 0.1) is 12.2 Å². The number of hydrogen-bond acceptors (Lipinski definition) is 6. The van der Waals surface area contributed by atoms with Crippen LogP contribution in [0, 0.1) is 20.8 Å². The van der Waals surface area contributed by atoms with Crippen LogP contribution >= 0.6 is 11.5 Å². The van der Waals surface area contributed by atoms with Crippen LogP contribution in [0.2, 0.25) is 0 Å². The van der Waals surface area contributed by atoms with E-state index in [0.717, 1.165) is 11.5 Å². The summed E-state index contributed by atoms with van der Waals surface area (Å²) < 4.78 is 10.5. The van der Waals surface area contributed by atoms with Crippen LogP contribution in [0.4, 0.5) is 0 Å². The molecule has 0 fully saturated rings. The van der Waals surface area contributed by atoms with E-state index < -0.39 is 5.97 Å². The minimum absolute atomic E-state index is 0.232. The van der Waals surface area contributed by atoms with Gasteiger partial charge in [-0.05, 0) is 33.3 Å². The molecule has 0 aliphatic carbocycles. The first kappa shape index (κ1) is 14.4. The van der Waals surface area contributed by atoms with Gasteiger partial charge in [-0.15, -0.1) is 0 Å². The molecule has 2 aromatic heterocycles. The number of aryl methyl sites for hydroxylation is 2. The van der Waals surface area contributed by atoms with E-state index in [4.69, 9.17) is 4.74 Å². The topological polar surface area (TPSA) is 74.1 Å². The third-order valence-corrected chi connectivity index (χ3v) is 3.63. The standard InChI is InChI=1S/C13H15N3O3S/c1-5-19-12(18)11-7(2)6-10(17)16(8(11)3)13-14-9(4)15-20-13/h6H,5H2,1-4H3. The van der Waals surface area contributed by atoms with Crippen LogP contribution in [-0.4, -0.2) is 26.5 Å². The number of carbonyl (C=O) groups is 1. The Morgan fingerprint density at radius 2 is 2.10 bits per heavy atom. The first-order valence-corrected chi connectivity index (χ1v) is 6.94. The summed E-state index contributed by atoms with van der Waals surface area (Å²) in [6.07, 6.45) is 0. The van der Waals surface area contributed by atoms with E-state index >= 15 is 0 Å². The predicted molar refractivity (Wildman–Crippen MR) is 75.7 cm³/mol. The maximum Gasteiger partial charge on any atom is 0.340 e. The monoisotopic (exact) mass is 293 g/mol. The van der Waals surface area contributed by atoms with E-state index in [-0.39, 0.29) is 12.2 Å². The lowest BCUT2D eigenvalue weighted by Gasteiger charge is -2.13. The molecule has 2 heterocycles. The zero-order valence-electron chi connectivity index (χ0n) is 11.8. The Bertz CT molecular complexity index is 718. The van der Waals surface area contributed by atoms with Crippen molar-refractivity contribution in [1.29, 1.82) is 0 Å². The summed E-state index contributed by atoms with van der Waals surface area (Å²) in [6.45, 7) is 7.20. The molecule has 0 aliphatic rings. The van der Waals surface area contributed by atoms with E-state index in [1.165, 1.54) is 10.6 Å². The summed E-state index contributed by atoms with van der Waals surface area (Å²) in [5.74, 6) is 0.159. The summed E-state index contributed by atoms with van der Waals surface area (Å²) in [6, 6.07) is 1.41. The molecule has 7 heteroatoms. The average molecular weight is 293 g/mol. The van der Waals surface area contributed by atoms with Crippen molar-refractivity contribution >= 4 is 17.5 Å². The molecular formula is C13H15N3O3S. The molecular weight excluding hydrogens is 278 g/mol. The van der Waals surface area contributed by atoms with Crippen LogP contribution in [0.15, 0.2) is 10.9 Å². The van der Waals surface area contributed by atoms with E-state index in [2.05, 4.69) is 9.36 Å².